The number of carbonyl (C=O) groups is 1. The van der Waals surface area contributed by atoms with Gasteiger partial charge in [-0.05, 0) is 36.7 Å². The zero-order chi connectivity index (χ0) is 20.2. The summed E-state index contributed by atoms with van der Waals surface area (Å²) < 4.78 is 10.3. The first-order valence-corrected chi connectivity index (χ1v) is 10.1. The van der Waals surface area contributed by atoms with E-state index < -0.39 is 0 Å². The molecule has 0 radical (unpaired) electrons. The molecule has 0 saturated carbocycles. The van der Waals surface area contributed by atoms with Gasteiger partial charge in [0.05, 0.1) is 7.11 Å². The largest absolute Gasteiger partial charge is 0.490 e. The molecule has 2 fully saturated rings. The van der Waals surface area contributed by atoms with Gasteiger partial charge >= 0.3 is 0 Å². The van der Waals surface area contributed by atoms with Crippen molar-refractivity contribution in [1.82, 2.24) is 15.8 Å². The van der Waals surface area contributed by atoms with Crippen LogP contribution in [0.1, 0.15) is 29.0 Å². The molecular formula is C22H27N3O4. The van der Waals surface area contributed by atoms with Crippen molar-refractivity contribution >= 4 is 5.91 Å². The van der Waals surface area contributed by atoms with Gasteiger partial charge in [-0.2, -0.15) is 0 Å². The molecule has 0 spiro atoms. The number of carbonyl (C=O) groups excluding carboxylic acids is 1. The number of piperidine rings is 1. The summed E-state index contributed by atoms with van der Waals surface area (Å²) in [5.74, 6) is 0.746. The van der Waals surface area contributed by atoms with Gasteiger partial charge in [-0.1, -0.05) is 30.3 Å². The zero-order valence-corrected chi connectivity index (χ0v) is 16.6. The van der Waals surface area contributed by atoms with Crippen LogP contribution < -0.4 is 21.0 Å². The maximum Gasteiger partial charge on any atom is 0.289 e. The van der Waals surface area contributed by atoms with Crippen molar-refractivity contribution in [3.63, 3.8) is 0 Å². The fourth-order valence-electron chi connectivity index (χ4n) is 4.47. The molecule has 1 amide bonds. The van der Waals surface area contributed by atoms with Crippen molar-refractivity contribution in [3.8, 4) is 5.75 Å². The summed E-state index contributed by atoms with van der Waals surface area (Å²) in [6.07, 6.45) is 4.21. The number of likely N-dealkylation sites (tertiary alicyclic amines) is 1. The van der Waals surface area contributed by atoms with Gasteiger partial charge in [0.1, 0.15) is 6.26 Å². The quantitative estimate of drug-likeness (QED) is 0.801. The second kappa shape index (κ2) is 8.80. The molecular weight excluding hydrogens is 370 g/mol. The predicted molar refractivity (Wildman–Crippen MR) is 109 cm³/mol. The molecule has 2 aromatic rings. The third-order valence-electron chi connectivity index (χ3n) is 5.96. The van der Waals surface area contributed by atoms with Crippen LogP contribution in [0.3, 0.4) is 0 Å². The highest BCUT2D eigenvalue weighted by atomic mass is 16.5. The lowest BCUT2D eigenvalue weighted by Crippen LogP contribution is -2.49. The Balaban J connectivity index is 1.44. The van der Waals surface area contributed by atoms with Crippen molar-refractivity contribution < 1.29 is 13.9 Å². The standard InChI is InChI=1S/C22H27N3O4/c1-28-20-14-29-19(11-18(20)26)22(27)25-9-5-8-16(13-25)21-17(12-23-24-21)10-15-6-3-2-4-7-15/h2-4,6-7,11,14,16-17,21,23-24H,5,8-10,12-13H2,1H3. The highest BCUT2D eigenvalue weighted by Crippen LogP contribution is 2.28. The van der Waals surface area contributed by atoms with Crippen molar-refractivity contribution in [3.05, 3.63) is 64.2 Å². The van der Waals surface area contributed by atoms with Crippen LogP contribution in [0, 0.1) is 11.8 Å². The van der Waals surface area contributed by atoms with E-state index in [4.69, 9.17) is 9.15 Å². The predicted octanol–water partition coefficient (Wildman–Crippen LogP) is 1.84. The van der Waals surface area contributed by atoms with Gasteiger partial charge in [0.25, 0.3) is 5.91 Å². The van der Waals surface area contributed by atoms with Crippen LogP contribution in [-0.4, -0.2) is 43.6 Å². The second-order valence-electron chi connectivity index (χ2n) is 7.83. The minimum atomic E-state index is -0.347. The zero-order valence-electron chi connectivity index (χ0n) is 16.6. The number of ether oxygens (including phenoxy) is 1. The van der Waals surface area contributed by atoms with Crippen molar-refractivity contribution in [2.75, 3.05) is 26.7 Å². The lowest BCUT2D eigenvalue weighted by atomic mass is 9.81. The number of nitrogens with zero attached hydrogens (tertiary/aromatic N) is 1. The van der Waals surface area contributed by atoms with Crippen LogP contribution in [0.15, 0.2) is 51.9 Å². The SMILES string of the molecule is COc1coc(C(=O)N2CCCC(C3NNCC3Cc3ccccc3)C2)cc1=O. The van der Waals surface area contributed by atoms with Gasteiger partial charge in [-0.3, -0.25) is 20.4 Å². The van der Waals surface area contributed by atoms with E-state index in [9.17, 15) is 9.59 Å². The minimum Gasteiger partial charge on any atom is -0.490 e. The Labute approximate surface area is 170 Å². The number of amides is 1. The fraction of sp³-hybridized carbons (Fsp3) is 0.455. The highest BCUT2D eigenvalue weighted by Gasteiger charge is 2.37. The summed E-state index contributed by atoms with van der Waals surface area (Å²) in [5.41, 5.74) is 7.73. The van der Waals surface area contributed by atoms with E-state index in [0.717, 1.165) is 25.8 Å². The van der Waals surface area contributed by atoms with Gasteiger partial charge in [0.2, 0.25) is 11.2 Å². The molecule has 1 aromatic carbocycles. The number of nitrogens with one attached hydrogen (secondary N) is 2. The Morgan fingerprint density at radius 2 is 2.14 bits per heavy atom. The van der Waals surface area contributed by atoms with Crippen molar-refractivity contribution in [2.45, 2.75) is 25.3 Å². The van der Waals surface area contributed by atoms with E-state index >= 15 is 0 Å². The molecule has 2 N–H and O–H groups in total. The monoisotopic (exact) mass is 397 g/mol. The lowest BCUT2D eigenvalue weighted by Gasteiger charge is -2.37. The first-order chi connectivity index (χ1) is 14.2. The Morgan fingerprint density at radius 1 is 1.31 bits per heavy atom. The van der Waals surface area contributed by atoms with Gasteiger partial charge in [-0.25, -0.2) is 0 Å². The first-order valence-electron chi connectivity index (χ1n) is 10.1. The molecule has 29 heavy (non-hydrogen) atoms. The topological polar surface area (TPSA) is 83.8 Å². The number of hydrazine groups is 1. The molecule has 2 aliphatic heterocycles. The van der Waals surface area contributed by atoms with Crippen LogP contribution >= 0.6 is 0 Å². The Morgan fingerprint density at radius 3 is 2.90 bits per heavy atom. The molecule has 0 bridgehead atoms. The maximum atomic E-state index is 12.9. The summed E-state index contributed by atoms with van der Waals surface area (Å²) in [4.78, 5) is 26.7. The third kappa shape index (κ3) is 4.36. The number of hydrogen-bond acceptors (Lipinski definition) is 6. The average Bonchev–Trinajstić information content (AvgIpc) is 3.22. The summed E-state index contributed by atoms with van der Waals surface area (Å²) >= 11 is 0. The Bertz CT molecular complexity index is 898. The van der Waals surface area contributed by atoms with E-state index in [1.54, 1.807) is 4.90 Å². The van der Waals surface area contributed by atoms with E-state index in [1.807, 2.05) is 6.07 Å². The van der Waals surface area contributed by atoms with Crippen LogP contribution in [0.5, 0.6) is 5.75 Å². The summed E-state index contributed by atoms with van der Waals surface area (Å²) in [6, 6.07) is 12.0. The molecule has 3 heterocycles. The molecule has 2 saturated heterocycles. The number of hydrogen-bond donors (Lipinski definition) is 2. The van der Waals surface area contributed by atoms with E-state index in [0.29, 0.717) is 31.0 Å². The Hall–Kier alpha value is -2.64. The van der Waals surface area contributed by atoms with Crippen LogP contribution in [0.25, 0.3) is 0 Å². The summed E-state index contributed by atoms with van der Waals surface area (Å²) in [6.45, 7) is 2.24. The van der Waals surface area contributed by atoms with Gasteiger partial charge in [0.15, 0.2) is 5.76 Å². The van der Waals surface area contributed by atoms with E-state index in [-0.39, 0.29) is 22.8 Å². The first kappa shape index (κ1) is 19.7. The van der Waals surface area contributed by atoms with Gasteiger partial charge < -0.3 is 14.1 Å². The molecule has 1 aromatic heterocycles. The number of benzene rings is 1. The molecule has 7 nitrogen and oxygen atoms in total. The molecule has 0 aliphatic carbocycles. The molecule has 4 rings (SSSR count). The summed E-state index contributed by atoms with van der Waals surface area (Å²) in [5, 5.41) is 0. The molecule has 3 atom stereocenters. The number of methoxy groups -OCH3 is 1. The van der Waals surface area contributed by atoms with Gasteiger partial charge in [-0.15, -0.1) is 0 Å². The number of rotatable bonds is 5. The molecule has 2 aliphatic rings. The molecule has 154 valence electrons. The Kier molecular flexibility index (Phi) is 5.97. The van der Waals surface area contributed by atoms with Gasteiger partial charge in [0, 0.05) is 31.7 Å². The van der Waals surface area contributed by atoms with Crippen molar-refractivity contribution in [1.29, 1.82) is 0 Å². The summed E-state index contributed by atoms with van der Waals surface area (Å²) in [7, 11) is 1.40. The van der Waals surface area contributed by atoms with Crippen LogP contribution in [-0.2, 0) is 6.42 Å². The van der Waals surface area contributed by atoms with E-state index in [2.05, 4.69) is 35.1 Å². The highest BCUT2D eigenvalue weighted by molar-refractivity contribution is 5.91. The maximum absolute atomic E-state index is 12.9. The molecule has 7 heteroatoms. The van der Waals surface area contributed by atoms with Crippen LogP contribution in [0.4, 0.5) is 0 Å². The lowest BCUT2D eigenvalue weighted by molar-refractivity contribution is 0.0600. The second-order valence-corrected chi connectivity index (χ2v) is 7.83. The van der Waals surface area contributed by atoms with Crippen molar-refractivity contribution in [2.24, 2.45) is 11.8 Å². The average molecular weight is 397 g/mol. The fourth-order valence-corrected chi connectivity index (χ4v) is 4.47. The third-order valence-corrected chi connectivity index (χ3v) is 5.96. The van der Waals surface area contributed by atoms with E-state index in [1.165, 1.54) is 25.0 Å². The minimum absolute atomic E-state index is 0.0646. The smallest absolute Gasteiger partial charge is 0.289 e. The molecule has 3 unspecified atom stereocenters. The normalized spacial score (nSPS) is 24.4. The van der Waals surface area contributed by atoms with Crippen LogP contribution in [0.2, 0.25) is 0 Å².